The second-order valence-electron chi connectivity index (χ2n) is 7.35. The molecule has 0 radical (unpaired) electrons. The van der Waals surface area contributed by atoms with Crippen LogP contribution in [0.25, 0.3) is 0 Å². The highest BCUT2D eigenvalue weighted by atomic mass is 32.1. The van der Waals surface area contributed by atoms with Crippen molar-refractivity contribution in [2.24, 2.45) is 5.92 Å². The molecule has 0 aliphatic heterocycles. The van der Waals surface area contributed by atoms with Gasteiger partial charge in [0.2, 0.25) is 5.91 Å². The van der Waals surface area contributed by atoms with Gasteiger partial charge in [0, 0.05) is 6.54 Å². The van der Waals surface area contributed by atoms with E-state index in [0.29, 0.717) is 36.4 Å². The number of thiocarbonyl (C=S) groups is 1. The molecule has 0 aliphatic carbocycles. The summed E-state index contributed by atoms with van der Waals surface area (Å²) in [6.07, 6.45) is 1.29. The second kappa shape index (κ2) is 11.4. The summed E-state index contributed by atoms with van der Waals surface area (Å²) < 4.78 is 11.2. The SMILES string of the molecule is COc1cc(CNC(=S)NC(=O)Cc2ccccc2C)ccc1OCCC(C)C. The maximum Gasteiger partial charge on any atom is 0.230 e. The Labute approximate surface area is 178 Å². The summed E-state index contributed by atoms with van der Waals surface area (Å²) >= 11 is 5.25. The van der Waals surface area contributed by atoms with Crippen LogP contribution < -0.4 is 20.1 Å². The molecule has 0 heterocycles. The average molecular weight is 415 g/mol. The first kappa shape index (κ1) is 22.7. The Morgan fingerprint density at radius 3 is 2.59 bits per heavy atom. The summed E-state index contributed by atoms with van der Waals surface area (Å²) in [6, 6.07) is 13.6. The number of methoxy groups -OCH3 is 1. The molecule has 2 N–H and O–H groups in total. The highest BCUT2D eigenvalue weighted by Crippen LogP contribution is 2.28. The Morgan fingerprint density at radius 2 is 1.90 bits per heavy atom. The smallest absolute Gasteiger partial charge is 0.230 e. The summed E-state index contributed by atoms with van der Waals surface area (Å²) in [7, 11) is 1.62. The average Bonchev–Trinajstić information content (AvgIpc) is 2.68. The van der Waals surface area contributed by atoms with Crippen molar-refractivity contribution >= 4 is 23.2 Å². The molecule has 0 saturated heterocycles. The molecule has 6 heteroatoms. The van der Waals surface area contributed by atoms with Gasteiger partial charge in [-0.2, -0.15) is 0 Å². The van der Waals surface area contributed by atoms with E-state index in [1.54, 1.807) is 7.11 Å². The Morgan fingerprint density at radius 1 is 1.14 bits per heavy atom. The Hall–Kier alpha value is -2.60. The lowest BCUT2D eigenvalue weighted by Gasteiger charge is -2.14. The molecule has 0 saturated carbocycles. The van der Waals surface area contributed by atoms with E-state index in [0.717, 1.165) is 28.9 Å². The fourth-order valence-electron chi connectivity index (χ4n) is 2.72. The van der Waals surface area contributed by atoms with Gasteiger partial charge in [0.1, 0.15) is 0 Å². The normalized spacial score (nSPS) is 10.5. The molecular formula is C23H30N2O3S. The fraction of sp³-hybridized carbons (Fsp3) is 0.391. The summed E-state index contributed by atoms with van der Waals surface area (Å²) in [5, 5.41) is 6.10. The largest absolute Gasteiger partial charge is 0.493 e. The van der Waals surface area contributed by atoms with E-state index in [1.807, 2.05) is 49.4 Å². The molecule has 2 aromatic carbocycles. The van der Waals surface area contributed by atoms with E-state index >= 15 is 0 Å². The minimum Gasteiger partial charge on any atom is -0.493 e. The van der Waals surface area contributed by atoms with Crippen LogP contribution in [0.1, 0.15) is 37.0 Å². The van der Waals surface area contributed by atoms with Crippen LogP contribution in [-0.2, 0) is 17.8 Å². The molecule has 29 heavy (non-hydrogen) atoms. The van der Waals surface area contributed by atoms with Crippen LogP contribution >= 0.6 is 12.2 Å². The Balaban J connectivity index is 1.84. The lowest BCUT2D eigenvalue weighted by Crippen LogP contribution is -2.39. The third-order valence-corrected chi connectivity index (χ3v) is 4.75. The predicted octanol–water partition coefficient (Wildman–Crippen LogP) is 4.16. The molecule has 0 unspecified atom stereocenters. The van der Waals surface area contributed by atoms with Gasteiger partial charge in [-0.25, -0.2) is 0 Å². The molecule has 0 spiro atoms. The van der Waals surface area contributed by atoms with E-state index in [4.69, 9.17) is 21.7 Å². The highest BCUT2D eigenvalue weighted by Gasteiger charge is 2.09. The van der Waals surface area contributed by atoms with Crippen molar-refractivity contribution in [1.82, 2.24) is 10.6 Å². The number of carbonyl (C=O) groups excluding carboxylic acids is 1. The molecule has 2 rings (SSSR count). The van der Waals surface area contributed by atoms with Crippen LogP contribution in [0.2, 0.25) is 0 Å². The van der Waals surface area contributed by atoms with Crippen molar-refractivity contribution < 1.29 is 14.3 Å². The van der Waals surface area contributed by atoms with Crippen LogP contribution in [0, 0.1) is 12.8 Å². The third-order valence-electron chi connectivity index (χ3n) is 4.50. The minimum atomic E-state index is -0.136. The lowest BCUT2D eigenvalue weighted by atomic mass is 10.1. The zero-order valence-electron chi connectivity index (χ0n) is 17.6. The van der Waals surface area contributed by atoms with Gasteiger partial charge in [0.05, 0.1) is 20.1 Å². The number of nitrogens with one attached hydrogen (secondary N) is 2. The number of amides is 1. The first-order valence-corrected chi connectivity index (χ1v) is 10.2. The zero-order valence-corrected chi connectivity index (χ0v) is 18.4. The van der Waals surface area contributed by atoms with Gasteiger partial charge in [-0.3, -0.25) is 4.79 Å². The third kappa shape index (κ3) is 7.74. The van der Waals surface area contributed by atoms with Gasteiger partial charge in [-0.05, 0) is 60.3 Å². The van der Waals surface area contributed by atoms with Crippen LogP contribution in [0.4, 0.5) is 0 Å². The van der Waals surface area contributed by atoms with Crippen LogP contribution in [0.3, 0.4) is 0 Å². The molecule has 0 atom stereocenters. The quantitative estimate of drug-likeness (QED) is 0.604. The van der Waals surface area contributed by atoms with Gasteiger partial charge in [-0.15, -0.1) is 0 Å². The van der Waals surface area contributed by atoms with E-state index in [2.05, 4.69) is 24.5 Å². The number of ether oxygens (including phenoxy) is 2. The molecule has 0 aliphatic rings. The highest BCUT2D eigenvalue weighted by molar-refractivity contribution is 7.80. The molecular weight excluding hydrogens is 384 g/mol. The van der Waals surface area contributed by atoms with Crippen molar-refractivity contribution in [3.63, 3.8) is 0 Å². The number of benzene rings is 2. The van der Waals surface area contributed by atoms with Crippen LogP contribution in [-0.4, -0.2) is 24.7 Å². The fourth-order valence-corrected chi connectivity index (χ4v) is 2.91. The first-order chi connectivity index (χ1) is 13.9. The van der Waals surface area contributed by atoms with Gasteiger partial charge in [0.15, 0.2) is 16.6 Å². The molecule has 156 valence electrons. The second-order valence-corrected chi connectivity index (χ2v) is 7.76. The van der Waals surface area contributed by atoms with E-state index < -0.39 is 0 Å². The summed E-state index contributed by atoms with van der Waals surface area (Å²) in [5.41, 5.74) is 3.06. The molecule has 0 bridgehead atoms. The Kier molecular flexibility index (Phi) is 8.93. The van der Waals surface area contributed by atoms with E-state index in [-0.39, 0.29) is 5.91 Å². The van der Waals surface area contributed by atoms with Crippen LogP contribution in [0.15, 0.2) is 42.5 Å². The molecule has 0 aromatic heterocycles. The zero-order chi connectivity index (χ0) is 21.2. The van der Waals surface area contributed by atoms with E-state index in [9.17, 15) is 4.79 Å². The standard InChI is InChI=1S/C23H30N2O3S/c1-16(2)11-12-28-20-10-9-18(13-21(20)27-4)15-24-23(29)25-22(26)14-19-8-6-5-7-17(19)3/h5-10,13,16H,11-12,14-15H2,1-4H3,(H2,24,25,26,29). The maximum atomic E-state index is 12.2. The van der Waals surface area contributed by atoms with Crippen molar-refractivity contribution in [2.45, 2.75) is 40.2 Å². The first-order valence-electron chi connectivity index (χ1n) is 9.81. The summed E-state index contributed by atoms with van der Waals surface area (Å²) in [5.74, 6) is 1.86. The van der Waals surface area contributed by atoms with Gasteiger partial charge < -0.3 is 20.1 Å². The number of carbonyl (C=O) groups is 1. The maximum absolute atomic E-state index is 12.2. The predicted molar refractivity (Wildman–Crippen MR) is 120 cm³/mol. The van der Waals surface area contributed by atoms with Gasteiger partial charge in [-0.1, -0.05) is 44.2 Å². The number of hydrogen-bond donors (Lipinski definition) is 2. The summed E-state index contributed by atoms with van der Waals surface area (Å²) in [6.45, 7) is 7.45. The number of rotatable bonds is 9. The molecule has 1 amide bonds. The van der Waals surface area contributed by atoms with Crippen molar-refractivity contribution in [3.05, 3.63) is 59.2 Å². The number of aryl methyl sites for hydroxylation is 1. The lowest BCUT2D eigenvalue weighted by molar-refractivity contribution is -0.119. The Bertz CT molecular complexity index is 837. The monoisotopic (exact) mass is 414 g/mol. The van der Waals surface area contributed by atoms with Crippen molar-refractivity contribution in [2.75, 3.05) is 13.7 Å². The number of hydrogen-bond acceptors (Lipinski definition) is 4. The van der Waals surface area contributed by atoms with Gasteiger partial charge in [0.25, 0.3) is 0 Å². The van der Waals surface area contributed by atoms with Crippen LogP contribution in [0.5, 0.6) is 11.5 Å². The topological polar surface area (TPSA) is 59.6 Å². The summed E-state index contributed by atoms with van der Waals surface area (Å²) in [4.78, 5) is 12.2. The molecule has 2 aromatic rings. The molecule has 0 fully saturated rings. The van der Waals surface area contributed by atoms with Gasteiger partial charge >= 0.3 is 0 Å². The van der Waals surface area contributed by atoms with Crippen molar-refractivity contribution in [1.29, 1.82) is 0 Å². The minimum absolute atomic E-state index is 0.136. The van der Waals surface area contributed by atoms with E-state index in [1.165, 1.54) is 0 Å². The van der Waals surface area contributed by atoms with Crippen molar-refractivity contribution in [3.8, 4) is 11.5 Å². The molecule has 5 nitrogen and oxygen atoms in total.